The first-order chi connectivity index (χ1) is 10.1. The molecule has 2 rings (SSSR count). The Balaban J connectivity index is 1.86. The van der Waals surface area contributed by atoms with Gasteiger partial charge in [-0.1, -0.05) is 35.9 Å². The van der Waals surface area contributed by atoms with Gasteiger partial charge in [-0.2, -0.15) is 0 Å². The van der Waals surface area contributed by atoms with Crippen molar-refractivity contribution in [2.24, 2.45) is 11.8 Å². The van der Waals surface area contributed by atoms with Gasteiger partial charge in [0, 0.05) is 11.6 Å². The summed E-state index contributed by atoms with van der Waals surface area (Å²) < 4.78 is 0. The van der Waals surface area contributed by atoms with Crippen LogP contribution in [-0.4, -0.2) is 23.5 Å². The van der Waals surface area contributed by atoms with Crippen LogP contribution in [0.2, 0.25) is 5.02 Å². The van der Waals surface area contributed by atoms with Crippen LogP contribution >= 0.6 is 11.6 Å². The van der Waals surface area contributed by atoms with E-state index in [1.165, 1.54) is 0 Å². The van der Waals surface area contributed by atoms with Crippen molar-refractivity contribution in [2.45, 2.75) is 19.3 Å². The minimum Gasteiger partial charge on any atom is -0.481 e. The number of allylic oxidation sites excluding steroid dienone is 2. The molecule has 0 saturated heterocycles. The van der Waals surface area contributed by atoms with Gasteiger partial charge in [-0.3, -0.25) is 9.59 Å². The summed E-state index contributed by atoms with van der Waals surface area (Å²) in [5.74, 6) is -2.20. The molecule has 0 aliphatic heterocycles. The number of carboxylic acids is 1. The molecule has 0 radical (unpaired) electrons. The molecule has 0 spiro atoms. The number of hydrogen-bond acceptors (Lipinski definition) is 2. The zero-order chi connectivity index (χ0) is 15.2. The fraction of sp³-hybridized carbons (Fsp3) is 0.375. The Kier molecular flexibility index (Phi) is 5.39. The van der Waals surface area contributed by atoms with E-state index in [9.17, 15) is 9.59 Å². The Hall–Kier alpha value is -1.81. The summed E-state index contributed by atoms with van der Waals surface area (Å²) in [6.07, 6.45) is 5.28. The Morgan fingerprint density at radius 1 is 1.24 bits per heavy atom. The average molecular weight is 308 g/mol. The van der Waals surface area contributed by atoms with E-state index in [0.717, 1.165) is 5.56 Å². The zero-order valence-electron chi connectivity index (χ0n) is 11.6. The minimum absolute atomic E-state index is 0.186. The number of halogens is 1. The fourth-order valence-corrected chi connectivity index (χ4v) is 2.74. The first-order valence-electron chi connectivity index (χ1n) is 6.98. The summed E-state index contributed by atoms with van der Waals surface area (Å²) in [7, 11) is 0. The number of carbonyl (C=O) groups excluding carboxylic acids is 1. The summed E-state index contributed by atoms with van der Waals surface area (Å²) in [6.45, 7) is 0.478. The molecular weight excluding hydrogens is 290 g/mol. The summed E-state index contributed by atoms with van der Waals surface area (Å²) in [5, 5.41) is 12.7. The smallest absolute Gasteiger partial charge is 0.307 e. The van der Waals surface area contributed by atoms with E-state index in [1.54, 1.807) is 6.07 Å². The predicted molar refractivity (Wildman–Crippen MR) is 81.2 cm³/mol. The lowest BCUT2D eigenvalue weighted by Gasteiger charge is -2.24. The normalized spacial score (nSPS) is 21.0. The molecule has 1 aliphatic rings. The number of carboxylic acid groups (broad SMARTS) is 1. The van der Waals surface area contributed by atoms with Crippen LogP contribution in [0.25, 0.3) is 0 Å². The second kappa shape index (κ2) is 7.27. The van der Waals surface area contributed by atoms with Crippen LogP contribution in [0.4, 0.5) is 0 Å². The highest BCUT2D eigenvalue weighted by atomic mass is 35.5. The van der Waals surface area contributed by atoms with Crippen molar-refractivity contribution in [1.82, 2.24) is 5.32 Å². The first kappa shape index (κ1) is 15.6. The third-order valence-corrected chi connectivity index (χ3v) is 3.92. The summed E-state index contributed by atoms with van der Waals surface area (Å²) in [6, 6.07) is 7.47. The van der Waals surface area contributed by atoms with Crippen LogP contribution in [0.5, 0.6) is 0 Å². The maximum absolute atomic E-state index is 12.1. The van der Waals surface area contributed by atoms with Gasteiger partial charge >= 0.3 is 5.97 Å². The number of rotatable bonds is 5. The van der Waals surface area contributed by atoms with E-state index in [-0.39, 0.29) is 5.91 Å². The number of aliphatic carboxylic acids is 1. The minimum atomic E-state index is -0.908. The van der Waals surface area contributed by atoms with Gasteiger partial charge in [-0.25, -0.2) is 0 Å². The van der Waals surface area contributed by atoms with Crippen molar-refractivity contribution in [2.75, 3.05) is 6.54 Å². The number of nitrogens with one attached hydrogen (secondary N) is 1. The lowest BCUT2D eigenvalue weighted by atomic mass is 9.82. The molecule has 21 heavy (non-hydrogen) atoms. The van der Waals surface area contributed by atoms with Crippen LogP contribution in [-0.2, 0) is 16.0 Å². The molecule has 0 saturated carbocycles. The maximum Gasteiger partial charge on any atom is 0.307 e. The van der Waals surface area contributed by atoms with Crippen molar-refractivity contribution < 1.29 is 14.7 Å². The van der Waals surface area contributed by atoms with Crippen LogP contribution in [0.1, 0.15) is 18.4 Å². The molecule has 0 bridgehead atoms. The fourth-order valence-electron chi connectivity index (χ4n) is 2.53. The van der Waals surface area contributed by atoms with Gasteiger partial charge in [0.1, 0.15) is 0 Å². The molecule has 2 N–H and O–H groups in total. The van der Waals surface area contributed by atoms with E-state index in [0.29, 0.717) is 30.8 Å². The van der Waals surface area contributed by atoms with Gasteiger partial charge in [0.25, 0.3) is 0 Å². The molecule has 4 nitrogen and oxygen atoms in total. The van der Waals surface area contributed by atoms with Crippen molar-refractivity contribution in [1.29, 1.82) is 0 Å². The average Bonchev–Trinajstić information content (AvgIpc) is 2.47. The largest absolute Gasteiger partial charge is 0.481 e. The molecular formula is C16H18ClNO3. The van der Waals surface area contributed by atoms with Crippen molar-refractivity contribution in [3.05, 3.63) is 47.0 Å². The molecule has 1 aromatic rings. The molecule has 0 aromatic heterocycles. The van der Waals surface area contributed by atoms with Gasteiger partial charge in [0.05, 0.1) is 11.8 Å². The predicted octanol–water partition coefficient (Wildman–Crippen LogP) is 2.67. The standard InChI is InChI=1S/C16H18ClNO3/c17-12-5-3-4-11(10-12)8-9-18-15(19)13-6-1-2-7-14(13)16(20)21/h1-5,10,13-14H,6-9H2,(H,18,19)(H,20,21)/t13-,14-/m1/s1. The molecule has 112 valence electrons. The number of benzene rings is 1. The number of hydrogen-bond donors (Lipinski definition) is 2. The molecule has 1 amide bonds. The Bertz CT molecular complexity index is 556. The van der Waals surface area contributed by atoms with E-state index < -0.39 is 17.8 Å². The van der Waals surface area contributed by atoms with E-state index in [1.807, 2.05) is 30.4 Å². The third kappa shape index (κ3) is 4.33. The lowest BCUT2D eigenvalue weighted by molar-refractivity contribution is -0.147. The molecule has 5 heteroatoms. The lowest BCUT2D eigenvalue weighted by Crippen LogP contribution is -2.39. The van der Waals surface area contributed by atoms with Gasteiger partial charge in [-0.05, 0) is 37.0 Å². The molecule has 0 unspecified atom stereocenters. The van der Waals surface area contributed by atoms with Gasteiger partial charge in [-0.15, -0.1) is 0 Å². The summed E-state index contributed by atoms with van der Waals surface area (Å²) >= 11 is 5.90. The SMILES string of the molecule is O=C(O)[C@@H]1CC=CC[C@H]1C(=O)NCCc1cccc(Cl)c1. The third-order valence-electron chi connectivity index (χ3n) is 3.69. The van der Waals surface area contributed by atoms with Crippen LogP contribution in [0.3, 0.4) is 0 Å². The molecule has 0 heterocycles. The van der Waals surface area contributed by atoms with Crippen LogP contribution in [0.15, 0.2) is 36.4 Å². The van der Waals surface area contributed by atoms with Gasteiger partial charge in [0.15, 0.2) is 0 Å². The number of carbonyl (C=O) groups is 2. The van der Waals surface area contributed by atoms with Crippen molar-refractivity contribution >= 4 is 23.5 Å². The molecule has 1 aliphatic carbocycles. The highest BCUT2D eigenvalue weighted by molar-refractivity contribution is 6.30. The first-order valence-corrected chi connectivity index (χ1v) is 7.35. The maximum atomic E-state index is 12.1. The Morgan fingerprint density at radius 3 is 2.62 bits per heavy atom. The van der Waals surface area contributed by atoms with Gasteiger partial charge in [0.2, 0.25) is 5.91 Å². The Labute approximate surface area is 128 Å². The quantitative estimate of drug-likeness (QED) is 0.822. The number of amides is 1. The Morgan fingerprint density at radius 2 is 1.95 bits per heavy atom. The zero-order valence-corrected chi connectivity index (χ0v) is 12.3. The second-order valence-corrected chi connectivity index (χ2v) is 5.60. The summed E-state index contributed by atoms with van der Waals surface area (Å²) in [5.41, 5.74) is 1.04. The highest BCUT2D eigenvalue weighted by Gasteiger charge is 2.33. The van der Waals surface area contributed by atoms with Gasteiger partial charge < -0.3 is 10.4 Å². The summed E-state index contributed by atoms with van der Waals surface area (Å²) in [4.78, 5) is 23.3. The highest BCUT2D eigenvalue weighted by Crippen LogP contribution is 2.26. The van der Waals surface area contributed by atoms with E-state index in [4.69, 9.17) is 16.7 Å². The van der Waals surface area contributed by atoms with Crippen molar-refractivity contribution in [3.8, 4) is 0 Å². The molecule has 0 fully saturated rings. The van der Waals surface area contributed by atoms with Crippen LogP contribution in [0, 0.1) is 11.8 Å². The topological polar surface area (TPSA) is 66.4 Å². The van der Waals surface area contributed by atoms with Crippen LogP contribution < -0.4 is 5.32 Å². The molecule has 2 atom stereocenters. The second-order valence-electron chi connectivity index (χ2n) is 5.16. The molecule has 1 aromatic carbocycles. The van der Waals surface area contributed by atoms with E-state index in [2.05, 4.69) is 5.32 Å². The van der Waals surface area contributed by atoms with Crippen molar-refractivity contribution in [3.63, 3.8) is 0 Å². The van der Waals surface area contributed by atoms with E-state index >= 15 is 0 Å². The monoisotopic (exact) mass is 307 g/mol.